The molecule has 1 amide bonds. The number of carbonyl (C=O) groups is 2. The van der Waals surface area contributed by atoms with Crippen LogP contribution in [0.2, 0.25) is 0 Å². The molecular formula is C16H19NO4. The van der Waals surface area contributed by atoms with E-state index in [1.165, 1.54) is 0 Å². The molecule has 3 rings (SSSR count). The molecule has 1 N–H and O–H groups in total. The summed E-state index contributed by atoms with van der Waals surface area (Å²) in [5.74, 6) is -1.03. The third-order valence-corrected chi connectivity index (χ3v) is 4.56. The molecule has 1 spiro atoms. The molecule has 1 saturated heterocycles. The molecule has 0 radical (unpaired) electrons. The molecule has 1 aliphatic heterocycles. The van der Waals surface area contributed by atoms with Crippen molar-refractivity contribution in [2.75, 3.05) is 13.1 Å². The Morgan fingerprint density at radius 2 is 2.10 bits per heavy atom. The van der Waals surface area contributed by atoms with Crippen LogP contribution in [0.5, 0.6) is 0 Å². The van der Waals surface area contributed by atoms with Crippen LogP contribution in [0.3, 0.4) is 0 Å². The van der Waals surface area contributed by atoms with Crippen molar-refractivity contribution in [3.05, 3.63) is 35.9 Å². The Morgan fingerprint density at radius 3 is 2.76 bits per heavy atom. The Morgan fingerprint density at radius 1 is 1.33 bits per heavy atom. The number of carbonyl (C=O) groups excluding carboxylic acids is 1. The second-order valence-electron chi connectivity index (χ2n) is 6.02. The Hall–Kier alpha value is -2.04. The fraction of sp³-hybridized carbons (Fsp3) is 0.500. The average Bonchev–Trinajstić information content (AvgIpc) is 3.19. The van der Waals surface area contributed by atoms with Gasteiger partial charge in [0, 0.05) is 18.5 Å². The van der Waals surface area contributed by atoms with Gasteiger partial charge in [-0.1, -0.05) is 30.3 Å². The van der Waals surface area contributed by atoms with E-state index in [0.29, 0.717) is 19.5 Å². The van der Waals surface area contributed by atoms with Crippen LogP contribution in [0.15, 0.2) is 30.3 Å². The molecule has 1 heterocycles. The van der Waals surface area contributed by atoms with Gasteiger partial charge in [-0.25, -0.2) is 4.79 Å². The van der Waals surface area contributed by atoms with E-state index in [4.69, 9.17) is 9.84 Å². The molecule has 2 unspecified atom stereocenters. The largest absolute Gasteiger partial charge is 0.481 e. The fourth-order valence-corrected chi connectivity index (χ4v) is 3.27. The Bertz CT molecular complexity index is 544. The van der Waals surface area contributed by atoms with E-state index in [2.05, 4.69) is 0 Å². The second-order valence-corrected chi connectivity index (χ2v) is 6.02. The zero-order chi connectivity index (χ0) is 14.9. The molecule has 112 valence electrons. The molecule has 5 heteroatoms. The highest BCUT2D eigenvalue weighted by Gasteiger charge is 2.60. The maximum atomic E-state index is 12.1. The highest BCUT2D eigenvalue weighted by molar-refractivity contribution is 5.75. The van der Waals surface area contributed by atoms with Gasteiger partial charge in [0.1, 0.15) is 6.61 Å². The third kappa shape index (κ3) is 2.86. The number of carboxylic acids is 1. The van der Waals surface area contributed by atoms with Gasteiger partial charge in [0.15, 0.2) is 0 Å². The number of ether oxygens (including phenoxy) is 1. The zero-order valence-corrected chi connectivity index (χ0v) is 11.8. The standard InChI is InChI=1S/C16H19NO4/c18-14(19)13-9-16(13)7-4-8-17(11-16)15(20)21-10-12-5-2-1-3-6-12/h1-3,5-6,13H,4,7-11H2,(H,18,19). The van der Waals surface area contributed by atoms with Crippen LogP contribution < -0.4 is 0 Å². The summed E-state index contributed by atoms with van der Waals surface area (Å²) in [5, 5.41) is 9.11. The van der Waals surface area contributed by atoms with Gasteiger partial charge in [-0.2, -0.15) is 0 Å². The van der Waals surface area contributed by atoms with Crippen LogP contribution in [-0.4, -0.2) is 35.2 Å². The normalized spacial score (nSPS) is 27.4. The first-order valence-electron chi connectivity index (χ1n) is 7.29. The molecule has 0 aromatic heterocycles. The van der Waals surface area contributed by atoms with Crippen LogP contribution in [0.25, 0.3) is 0 Å². The van der Waals surface area contributed by atoms with Crippen molar-refractivity contribution in [1.29, 1.82) is 0 Å². The van der Waals surface area contributed by atoms with Crippen molar-refractivity contribution in [1.82, 2.24) is 4.90 Å². The summed E-state index contributed by atoms with van der Waals surface area (Å²) < 4.78 is 5.32. The maximum absolute atomic E-state index is 12.1. The minimum Gasteiger partial charge on any atom is -0.481 e. The lowest BCUT2D eigenvalue weighted by atomic mass is 9.92. The number of likely N-dealkylation sites (tertiary alicyclic amines) is 1. The minimum atomic E-state index is -0.741. The maximum Gasteiger partial charge on any atom is 0.410 e. The number of hydrogen-bond acceptors (Lipinski definition) is 3. The highest BCUT2D eigenvalue weighted by Crippen LogP contribution is 2.57. The first-order valence-corrected chi connectivity index (χ1v) is 7.29. The predicted octanol–water partition coefficient (Wildman–Crippen LogP) is 2.51. The number of benzene rings is 1. The molecule has 1 aromatic rings. The van der Waals surface area contributed by atoms with E-state index in [9.17, 15) is 9.59 Å². The number of rotatable bonds is 3. The Kier molecular flexibility index (Phi) is 3.57. The SMILES string of the molecule is O=C(O)C1CC12CCCN(C(=O)OCc1ccccc1)C2. The summed E-state index contributed by atoms with van der Waals surface area (Å²) in [6.45, 7) is 1.42. The summed E-state index contributed by atoms with van der Waals surface area (Å²) in [6, 6.07) is 9.54. The van der Waals surface area contributed by atoms with Crippen molar-refractivity contribution in [2.45, 2.75) is 25.9 Å². The molecule has 1 saturated carbocycles. The topological polar surface area (TPSA) is 66.8 Å². The van der Waals surface area contributed by atoms with Gasteiger partial charge in [0.2, 0.25) is 0 Å². The minimum absolute atomic E-state index is 0.199. The van der Waals surface area contributed by atoms with E-state index < -0.39 is 5.97 Å². The lowest BCUT2D eigenvalue weighted by Crippen LogP contribution is -2.42. The zero-order valence-electron chi connectivity index (χ0n) is 11.8. The van der Waals surface area contributed by atoms with Crippen molar-refractivity contribution >= 4 is 12.1 Å². The summed E-state index contributed by atoms with van der Waals surface area (Å²) in [7, 11) is 0. The highest BCUT2D eigenvalue weighted by atomic mass is 16.6. The van der Waals surface area contributed by atoms with E-state index >= 15 is 0 Å². The molecule has 1 aromatic carbocycles. The van der Waals surface area contributed by atoms with Crippen LogP contribution in [0.4, 0.5) is 4.79 Å². The average molecular weight is 289 g/mol. The number of aliphatic carboxylic acids is 1. The molecule has 21 heavy (non-hydrogen) atoms. The molecule has 2 aliphatic rings. The van der Waals surface area contributed by atoms with Crippen LogP contribution in [0.1, 0.15) is 24.8 Å². The molecule has 1 aliphatic carbocycles. The van der Waals surface area contributed by atoms with Gasteiger partial charge in [-0.15, -0.1) is 0 Å². The summed E-state index contributed by atoms with van der Waals surface area (Å²) in [5.41, 5.74) is 0.753. The summed E-state index contributed by atoms with van der Waals surface area (Å²) in [6.07, 6.45) is 2.09. The third-order valence-electron chi connectivity index (χ3n) is 4.56. The molecule has 5 nitrogen and oxygen atoms in total. The summed E-state index contributed by atoms with van der Waals surface area (Å²) in [4.78, 5) is 24.9. The fourth-order valence-electron chi connectivity index (χ4n) is 3.27. The Labute approximate surface area is 123 Å². The van der Waals surface area contributed by atoms with Gasteiger partial charge in [0.25, 0.3) is 0 Å². The van der Waals surface area contributed by atoms with Gasteiger partial charge in [-0.3, -0.25) is 4.79 Å². The molecule has 2 fully saturated rings. The van der Waals surface area contributed by atoms with E-state index in [1.54, 1.807) is 4.90 Å². The van der Waals surface area contributed by atoms with E-state index in [0.717, 1.165) is 18.4 Å². The van der Waals surface area contributed by atoms with Crippen molar-refractivity contribution in [2.24, 2.45) is 11.3 Å². The van der Waals surface area contributed by atoms with Crippen LogP contribution >= 0.6 is 0 Å². The van der Waals surface area contributed by atoms with Gasteiger partial charge >= 0.3 is 12.1 Å². The lowest BCUT2D eigenvalue weighted by Gasteiger charge is -2.32. The number of carboxylic acid groups (broad SMARTS) is 1. The van der Waals surface area contributed by atoms with Crippen molar-refractivity contribution in [3.63, 3.8) is 0 Å². The monoisotopic (exact) mass is 289 g/mol. The number of nitrogens with zero attached hydrogens (tertiary/aromatic N) is 1. The van der Waals surface area contributed by atoms with E-state index in [1.807, 2.05) is 30.3 Å². The second kappa shape index (κ2) is 5.39. The predicted molar refractivity (Wildman–Crippen MR) is 75.6 cm³/mol. The van der Waals surface area contributed by atoms with E-state index in [-0.39, 0.29) is 24.0 Å². The first kappa shape index (κ1) is 13.9. The van der Waals surface area contributed by atoms with Gasteiger partial charge in [-0.05, 0) is 24.8 Å². The first-order chi connectivity index (χ1) is 10.1. The summed E-state index contributed by atoms with van der Waals surface area (Å²) >= 11 is 0. The van der Waals surface area contributed by atoms with Crippen LogP contribution in [-0.2, 0) is 16.1 Å². The van der Waals surface area contributed by atoms with Gasteiger partial charge in [0.05, 0.1) is 5.92 Å². The number of piperidine rings is 1. The van der Waals surface area contributed by atoms with Crippen LogP contribution in [0, 0.1) is 11.3 Å². The smallest absolute Gasteiger partial charge is 0.410 e. The molecule has 2 atom stereocenters. The van der Waals surface area contributed by atoms with Gasteiger partial charge < -0.3 is 14.7 Å². The molecular weight excluding hydrogens is 270 g/mol. The van der Waals surface area contributed by atoms with Crippen molar-refractivity contribution in [3.8, 4) is 0 Å². The quantitative estimate of drug-likeness (QED) is 0.928. The lowest BCUT2D eigenvalue weighted by molar-refractivity contribution is -0.139. The number of amides is 1. The molecule has 0 bridgehead atoms. The Balaban J connectivity index is 1.55. The number of hydrogen-bond donors (Lipinski definition) is 1. The van der Waals surface area contributed by atoms with Crippen molar-refractivity contribution < 1.29 is 19.4 Å².